The van der Waals surface area contributed by atoms with Gasteiger partial charge in [-0.2, -0.15) is 0 Å². The van der Waals surface area contributed by atoms with Crippen molar-refractivity contribution in [3.8, 4) is 0 Å². The molecule has 0 aromatic heterocycles. The van der Waals surface area contributed by atoms with Crippen molar-refractivity contribution in [3.05, 3.63) is 29.8 Å². The zero-order valence-corrected chi connectivity index (χ0v) is 11.0. The second kappa shape index (κ2) is 5.68. The maximum absolute atomic E-state index is 13.1. The van der Waals surface area contributed by atoms with Gasteiger partial charge in [0.1, 0.15) is 0 Å². The van der Waals surface area contributed by atoms with Gasteiger partial charge in [0.05, 0.1) is 0 Å². The Kier molecular flexibility index (Phi) is 4.20. The van der Waals surface area contributed by atoms with Crippen LogP contribution >= 0.6 is 0 Å². The molecule has 3 heteroatoms. The van der Waals surface area contributed by atoms with E-state index in [0.717, 1.165) is 18.8 Å². The highest BCUT2D eigenvalue weighted by Crippen LogP contribution is 2.31. The van der Waals surface area contributed by atoms with Gasteiger partial charge in [-0.15, -0.1) is 0 Å². The quantitative estimate of drug-likeness (QED) is 0.830. The molecular formula is C15H21F2N. The van der Waals surface area contributed by atoms with Gasteiger partial charge in [-0.25, -0.2) is 8.78 Å². The average molecular weight is 253 g/mol. The van der Waals surface area contributed by atoms with Crippen molar-refractivity contribution >= 4 is 5.69 Å². The number of hydrogen-bond donors (Lipinski definition) is 1. The van der Waals surface area contributed by atoms with Crippen molar-refractivity contribution < 1.29 is 8.78 Å². The molecule has 0 radical (unpaired) electrons. The number of nitrogens with one attached hydrogen (secondary N) is 1. The molecule has 0 spiro atoms. The Morgan fingerprint density at radius 1 is 1.17 bits per heavy atom. The molecule has 1 aromatic carbocycles. The Morgan fingerprint density at radius 2 is 1.94 bits per heavy atom. The van der Waals surface area contributed by atoms with Gasteiger partial charge in [0, 0.05) is 17.8 Å². The van der Waals surface area contributed by atoms with Crippen LogP contribution in [-0.4, -0.2) is 6.04 Å². The highest BCUT2D eigenvalue weighted by molar-refractivity contribution is 5.44. The van der Waals surface area contributed by atoms with Crippen LogP contribution in [0.5, 0.6) is 0 Å². The first-order valence-corrected chi connectivity index (χ1v) is 6.78. The van der Waals surface area contributed by atoms with Crippen LogP contribution in [0.4, 0.5) is 14.5 Å². The lowest BCUT2D eigenvalue weighted by molar-refractivity contribution is 0.264. The van der Waals surface area contributed by atoms with Crippen LogP contribution in [0.3, 0.4) is 0 Å². The molecule has 0 bridgehead atoms. The van der Waals surface area contributed by atoms with Crippen LogP contribution in [0.2, 0.25) is 0 Å². The molecule has 1 aromatic rings. The fraction of sp³-hybridized carbons (Fsp3) is 0.600. The van der Waals surface area contributed by atoms with Crippen LogP contribution in [0.25, 0.3) is 0 Å². The third-order valence-electron chi connectivity index (χ3n) is 3.95. The van der Waals surface area contributed by atoms with E-state index in [4.69, 9.17) is 0 Å². The number of benzene rings is 1. The third kappa shape index (κ3) is 3.21. The van der Waals surface area contributed by atoms with Gasteiger partial charge in [-0.3, -0.25) is 0 Å². The maximum Gasteiger partial charge on any atom is 0.160 e. The van der Waals surface area contributed by atoms with Crippen molar-refractivity contribution in [3.63, 3.8) is 0 Å². The van der Waals surface area contributed by atoms with Crippen molar-refractivity contribution in [1.29, 1.82) is 0 Å². The van der Waals surface area contributed by atoms with Gasteiger partial charge in [-0.05, 0) is 36.8 Å². The minimum atomic E-state index is -0.788. The second-order valence-electron chi connectivity index (χ2n) is 5.64. The van der Waals surface area contributed by atoms with Gasteiger partial charge in [0.15, 0.2) is 11.6 Å². The van der Waals surface area contributed by atoms with Crippen molar-refractivity contribution in [2.24, 2.45) is 11.8 Å². The van der Waals surface area contributed by atoms with E-state index in [2.05, 4.69) is 19.2 Å². The molecule has 1 aliphatic rings. The lowest BCUT2D eigenvalue weighted by atomic mass is 9.79. The largest absolute Gasteiger partial charge is 0.382 e. The molecule has 2 rings (SSSR count). The summed E-state index contributed by atoms with van der Waals surface area (Å²) < 4.78 is 26.0. The summed E-state index contributed by atoms with van der Waals surface area (Å²) in [4.78, 5) is 0. The first kappa shape index (κ1) is 13.3. The molecule has 1 saturated carbocycles. The van der Waals surface area contributed by atoms with E-state index in [9.17, 15) is 8.78 Å². The SMILES string of the molecule is CC(C)C1CCCC(Nc2ccc(F)c(F)c2)C1. The standard InChI is InChI=1S/C15H21F2N/c1-10(2)11-4-3-5-12(8-11)18-13-6-7-14(16)15(17)9-13/h6-7,9-12,18H,3-5,8H2,1-2H3. The van der Waals surface area contributed by atoms with Crippen LogP contribution in [0.15, 0.2) is 18.2 Å². The van der Waals surface area contributed by atoms with E-state index in [1.165, 1.54) is 25.0 Å². The van der Waals surface area contributed by atoms with Gasteiger partial charge in [0.2, 0.25) is 0 Å². The van der Waals surface area contributed by atoms with E-state index >= 15 is 0 Å². The fourth-order valence-corrected chi connectivity index (χ4v) is 2.79. The van der Waals surface area contributed by atoms with Crippen LogP contribution in [0.1, 0.15) is 39.5 Å². The lowest BCUT2D eigenvalue weighted by Gasteiger charge is -2.32. The zero-order valence-electron chi connectivity index (χ0n) is 11.0. The maximum atomic E-state index is 13.1. The minimum absolute atomic E-state index is 0.385. The summed E-state index contributed by atoms with van der Waals surface area (Å²) in [5.74, 6) is -0.137. The Labute approximate surface area is 108 Å². The van der Waals surface area contributed by atoms with E-state index in [-0.39, 0.29) is 0 Å². The molecule has 1 aliphatic carbocycles. The topological polar surface area (TPSA) is 12.0 Å². The Bertz CT molecular complexity index is 403. The van der Waals surface area contributed by atoms with E-state index in [1.807, 2.05) is 0 Å². The summed E-state index contributed by atoms with van der Waals surface area (Å²) in [6.45, 7) is 4.51. The number of halogens is 2. The fourth-order valence-electron chi connectivity index (χ4n) is 2.79. The molecule has 2 unspecified atom stereocenters. The highest BCUT2D eigenvalue weighted by atomic mass is 19.2. The van der Waals surface area contributed by atoms with Gasteiger partial charge in [0.25, 0.3) is 0 Å². The zero-order chi connectivity index (χ0) is 13.1. The smallest absolute Gasteiger partial charge is 0.160 e. The first-order chi connectivity index (χ1) is 8.56. The molecule has 0 saturated heterocycles. The molecule has 0 aliphatic heterocycles. The molecule has 2 atom stereocenters. The number of anilines is 1. The van der Waals surface area contributed by atoms with Crippen molar-refractivity contribution in [2.45, 2.75) is 45.6 Å². The molecule has 100 valence electrons. The number of hydrogen-bond acceptors (Lipinski definition) is 1. The molecule has 1 nitrogen and oxygen atoms in total. The first-order valence-electron chi connectivity index (χ1n) is 6.78. The summed E-state index contributed by atoms with van der Waals surface area (Å²) in [6.07, 6.45) is 4.73. The third-order valence-corrected chi connectivity index (χ3v) is 3.95. The van der Waals surface area contributed by atoms with Gasteiger partial charge < -0.3 is 5.32 Å². The predicted molar refractivity (Wildman–Crippen MR) is 70.6 cm³/mol. The Balaban J connectivity index is 1.98. The summed E-state index contributed by atoms with van der Waals surface area (Å²) in [7, 11) is 0. The Hall–Kier alpha value is -1.12. The van der Waals surface area contributed by atoms with Gasteiger partial charge >= 0.3 is 0 Å². The van der Waals surface area contributed by atoms with Crippen molar-refractivity contribution in [1.82, 2.24) is 0 Å². The predicted octanol–water partition coefficient (Wildman–Crippen LogP) is 4.59. The van der Waals surface area contributed by atoms with Crippen LogP contribution in [0, 0.1) is 23.5 Å². The minimum Gasteiger partial charge on any atom is -0.382 e. The summed E-state index contributed by atoms with van der Waals surface area (Å²) in [5.41, 5.74) is 0.684. The van der Waals surface area contributed by atoms with Crippen LogP contribution < -0.4 is 5.32 Å². The van der Waals surface area contributed by atoms with E-state index in [1.54, 1.807) is 6.07 Å². The molecule has 18 heavy (non-hydrogen) atoms. The second-order valence-corrected chi connectivity index (χ2v) is 5.64. The summed E-state index contributed by atoms with van der Waals surface area (Å²) in [6, 6.07) is 4.42. The normalized spacial score (nSPS) is 24.3. The van der Waals surface area contributed by atoms with Gasteiger partial charge in [-0.1, -0.05) is 26.7 Å². The summed E-state index contributed by atoms with van der Waals surface area (Å²) >= 11 is 0. The number of rotatable bonds is 3. The van der Waals surface area contributed by atoms with Crippen molar-refractivity contribution in [2.75, 3.05) is 5.32 Å². The molecule has 0 amide bonds. The lowest BCUT2D eigenvalue weighted by Crippen LogP contribution is -2.29. The molecular weight excluding hydrogens is 232 g/mol. The monoisotopic (exact) mass is 253 g/mol. The Morgan fingerprint density at radius 3 is 2.61 bits per heavy atom. The average Bonchev–Trinajstić information content (AvgIpc) is 2.34. The molecule has 1 N–H and O–H groups in total. The van der Waals surface area contributed by atoms with E-state index < -0.39 is 11.6 Å². The highest BCUT2D eigenvalue weighted by Gasteiger charge is 2.24. The van der Waals surface area contributed by atoms with E-state index in [0.29, 0.717) is 17.6 Å². The molecule has 1 fully saturated rings. The van der Waals surface area contributed by atoms with Crippen LogP contribution in [-0.2, 0) is 0 Å². The summed E-state index contributed by atoms with van der Waals surface area (Å²) in [5, 5.41) is 3.33. The molecule has 0 heterocycles.